The predicted octanol–water partition coefficient (Wildman–Crippen LogP) is 4.51. The molecular weight excluding hydrogens is 384 g/mol. The second kappa shape index (κ2) is 8.19. The van der Waals surface area contributed by atoms with Crippen LogP contribution in [-0.4, -0.2) is 28.0 Å². The van der Waals surface area contributed by atoms with Crippen LogP contribution in [0.3, 0.4) is 0 Å². The Bertz CT molecular complexity index is 1380. The molecule has 1 aliphatic carbocycles. The zero-order chi connectivity index (χ0) is 21.2. The lowest BCUT2D eigenvalue weighted by Gasteiger charge is -2.13. The van der Waals surface area contributed by atoms with Crippen molar-refractivity contribution in [3.05, 3.63) is 102 Å². The fourth-order valence-electron chi connectivity index (χ4n) is 3.99. The van der Waals surface area contributed by atoms with Crippen molar-refractivity contribution in [3.8, 4) is 5.75 Å². The molecule has 0 radical (unpaired) electrons. The molecule has 1 aliphatic rings. The summed E-state index contributed by atoms with van der Waals surface area (Å²) >= 11 is 0. The van der Waals surface area contributed by atoms with E-state index >= 15 is 0 Å². The molecule has 4 aromatic rings. The first kappa shape index (κ1) is 19.2. The minimum atomic E-state index is 0.418. The Labute approximate surface area is 181 Å². The topological polar surface area (TPSA) is 51.8 Å². The van der Waals surface area contributed by atoms with Crippen molar-refractivity contribution < 1.29 is 4.74 Å². The highest BCUT2D eigenvalue weighted by Gasteiger charge is 2.12. The Morgan fingerprint density at radius 2 is 1.90 bits per heavy atom. The van der Waals surface area contributed by atoms with Crippen molar-refractivity contribution in [1.29, 1.82) is 0 Å². The number of ether oxygens (including phenoxy) is 1. The van der Waals surface area contributed by atoms with E-state index in [0.29, 0.717) is 24.5 Å². The molecule has 2 aromatic carbocycles. The Morgan fingerprint density at radius 3 is 2.68 bits per heavy atom. The van der Waals surface area contributed by atoms with E-state index < -0.39 is 0 Å². The molecule has 0 fully saturated rings. The third kappa shape index (κ3) is 3.75. The van der Waals surface area contributed by atoms with Gasteiger partial charge in [-0.25, -0.2) is 15.0 Å². The summed E-state index contributed by atoms with van der Waals surface area (Å²) in [5, 5.41) is 1.09. The number of allylic oxidation sites excluding steroid dienone is 3. The zero-order valence-electron chi connectivity index (χ0n) is 17.7. The van der Waals surface area contributed by atoms with Crippen LogP contribution >= 0.6 is 0 Å². The molecule has 31 heavy (non-hydrogen) atoms. The van der Waals surface area contributed by atoms with Crippen LogP contribution in [0, 0.1) is 5.92 Å². The molecule has 5 heteroatoms. The van der Waals surface area contributed by atoms with E-state index in [4.69, 9.17) is 14.7 Å². The summed E-state index contributed by atoms with van der Waals surface area (Å²) in [6, 6.07) is 18.4. The quantitative estimate of drug-likeness (QED) is 0.457. The number of rotatable bonds is 5. The summed E-state index contributed by atoms with van der Waals surface area (Å²) in [4.78, 5) is 14.5. The molecule has 0 aliphatic heterocycles. The van der Waals surface area contributed by atoms with Crippen molar-refractivity contribution >= 4 is 16.4 Å². The number of para-hydroxylation sites is 1. The molecule has 5 nitrogen and oxygen atoms in total. The lowest BCUT2D eigenvalue weighted by atomic mass is 10.1. The SMILES string of the molecule is COc1ccc(Cc2nc3ccccc3c3ccnc(=NCC4=CC=CC4C)n23)cc1. The Kier molecular flexibility index (Phi) is 5.08. The summed E-state index contributed by atoms with van der Waals surface area (Å²) < 4.78 is 7.40. The molecule has 0 saturated heterocycles. The zero-order valence-corrected chi connectivity index (χ0v) is 17.7. The van der Waals surface area contributed by atoms with Crippen LogP contribution in [0.25, 0.3) is 16.4 Å². The Balaban J connectivity index is 1.67. The van der Waals surface area contributed by atoms with Crippen molar-refractivity contribution in [2.24, 2.45) is 10.9 Å². The van der Waals surface area contributed by atoms with Crippen LogP contribution in [0.2, 0.25) is 0 Å². The van der Waals surface area contributed by atoms with E-state index in [0.717, 1.165) is 33.6 Å². The van der Waals surface area contributed by atoms with Gasteiger partial charge < -0.3 is 4.74 Å². The number of fused-ring (bicyclic) bond motifs is 3. The number of aromatic nitrogens is 3. The van der Waals surface area contributed by atoms with E-state index in [1.165, 1.54) is 5.57 Å². The number of methoxy groups -OCH3 is 1. The van der Waals surface area contributed by atoms with Gasteiger partial charge in [-0.1, -0.05) is 55.5 Å². The minimum Gasteiger partial charge on any atom is -0.497 e. The summed E-state index contributed by atoms with van der Waals surface area (Å²) in [7, 11) is 1.68. The molecule has 154 valence electrons. The third-order valence-corrected chi connectivity index (χ3v) is 5.77. The molecule has 0 bridgehead atoms. The molecular formula is C26H24N4O. The van der Waals surface area contributed by atoms with Gasteiger partial charge in [-0.15, -0.1) is 0 Å². The molecule has 0 saturated carbocycles. The molecule has 0 N–H and O–H groups in total. The number of nitrogens with zero attached hydrogens (tertiary/aromatic N) is 4. The molecule has 5 rings (SSSR count). The molecule has 2 aromatic heterocycles. The van der Waals surface area contributed by atoms with E-state index in [9.17, 15) is 0 Å². The maximum atomic E-state index is 5.30. The van der Waals surface area contributed by atoms with Crippen molar-refractivity contribution in [3.63, 3.8) is 0 Å². The Hall–Kier alpha value is -3.73. The number of hydrogen-bond acceptors (Lipinski definition) is 4. The van der Waals surface area contributed by atoms with Gasteiger partial charge >= 0.3 is 0 Å². The van der Waals surface area contributed by atoms with Crippen molar-refractivity contribution in [2.45, 2.75) is 13.3 Å². The van der Waals surface area contributed by atoms with Crippen LogP contribution < -0.4 is 10.4 Å². The van der Waals surface area contributed by atoms with Gasteiger partial charge in [0.15, 0.2) is 0 Å². The highest BCUT2D eigenvalue weighted by atomic mass is 16.5. The van der Waals surface area contributed by atoms with E-state index in [2.05, 4.69) is 58.8 Å². The summed E-state index contributed by atoms with van der Waals surface area (Å²) in [6.07, 6.45) is 8.95. The maximum absolute atomic E-state index is 5.30. The first-order chi connectivity index (χ1) is 15.2. The van der Waals surface area contributed by atoms with Crippen LogP contribution in [0.15, 0.2) is 89.6 Å². The van der Waals surface area contributed by atoms with Crippen LogP contribution in [0.4, 0.5) is 0 Å². The first-order valence-electron chi connectivity index (χ1n) is 10.5. The van der Waals surface area contributed by atoms with Gasteiger partial charge in [-0.05, 0) is 41.3 Å². The third-order valence-electron chi connectivity index (χ3n) is 5.77. The molecule has 1 atom stereocenters. The van der Waals surface area contributed by atoms with Gasteiger partial charge in [-0.2, -0.15) is 0 Å². The van der Waals surface area contributed by atoms with Gasteiger partial charge in [0.1, 0.15) is 11.6 Å². The molecule has 1 unspecified atom stereocenters. The van der Waals surface area contributed by atoms with E-state index in [-0.39, 0.29) is 0 Å². The fraction of sp³-hybridized carbons (Fsp3) is 0.192. The highest BCUT2D eigenvalue weighted by molar-refractivity contribution is 5.93. The second-order valence-corrected chi connectivity index (χ2v) is 7.77. The predicted molar refractivity (Wildman–Crippen MR) is 123 cm³/mol. The van der Waals surface area contributed by atoms with Gasteiger partial charge in [0, 0.05) is 18.0 Å². The van der Waals surface area contributed by atoms with Gasteiger partial charge in [0.05, 0.1) is 24.7 Å². The summed E-state index contributed by atoms with van der Waals surface area (Å²) in [6.45, 7) is 2.82. The number of hydrogen-bond donors (Lipinski definition) is 0. The molecule has 0 amide bonds. The number of benzene rings is 2. The Morgan fingerprint density at radius 1 is 1.06 bits per heavy atom. The highest BCUT2D eigenvalue weighted by Crippen LogP contribution is 2.21. The van der Waals surface area contributed by atoms with Gasteiger partial charge in [-0.3, -0.25) is 4.40 Å². The van der Waals surface area contributed by atoms with E-state index in [1.54, 1.807) is 7.11 Å². The second-order valence-electron chi connectivity index (χ2n) is 7.77. The summed E-state index contributed by atoms with van der Waals surface area (Å²) in [5.41, 5.74) is 5.17. The van der Waals surface area contributed by atoms with Crippen molar-refractivity contribution in [2.75, 3.05) is 13.7 Å². The smallest absolute Gasteiger partial charge is 0.231 e. The monoisotopic (exact) mass is 408 g/mol. The fourth-order valence-corrected chi connectivity index (χ4v) is 3.99. The average Bonchev–Trinajstić information content (AvgIpc) is 3.22. The van der Waals surface area contributed by atoms with Crippen molar-refractivity contribution in [1.82, 2.24) is 14.4 Å². The maximum Gasteiger partial charge on any atom is 0.231 e. The molecule has 2 heterocycles. The van der Waals surface area contributed by atoms with E-state index in [1.807, 2.05) is 36.5 Å². The van der Waals surface area contributed by atoms with Crippen LogP contribution in [0.1, 0.15) is 18.3 Å². The largest absolute Gasteiger partial charge is 0.497 e. The first-order valence-corrected chi connectivity index (χ1v) is 10.5. The molecule has 0 spiro atoms. The standard InChI is InChI=1S/C26H24N4O/c1-18-6-5-7-20(18)17-28-26-27-15-14-24-22-8-3-4-9-23(22)29-25(30(24)26)16-19-10-12-21(31-2)13-11-19/h3-15,18H,16-17H2,1-2H3. The lowest BCUT2D eigenvalue weighted by Crippen LogP contribution is -2.24. The van der Waals surface area contributed by atoms with Crippen LogP contribution in [0.5, 0.6) is 5.75 Å². The average molecular weight is 409 g/mol. The minimum absolute atomic E-state index is 0.418. The van der Waals surface area contributed by atoms with Crippen LogP contribution in [-0.2, 0) is 6.42 Å². The van der Waals surface area contributed by atoms with Gasteiger partial charge in [0.25, 0.3) is 0 Å². The summed E-state index contributed by atoms with van der Waals surface area (Å²) in [5.74, 6) is 2.18. The normalized spacial score (nSPS) is 16.3. The van der Waals surface area contributed by atoms with Gasteiger partial charge in [0.2, 0.25) is 5.62 Å². The lowest BCUT2D eigenvalue weighted by molar-refractivity contribution is 0.414.